The molecule has 7 heteroatoms. The molecule has 6 nitrogen and oxygen atoms in total. The van der Waals surface area contributed by atoms with E-state index in [4.69, 9.17) is 16.3 Å². The number of rotatable bonds is 3. The maximum atomic E-state index is 5.85. The molecule has 0 saturated heterocycles. The molecule has 90 valence electrons. The minimum Gasteiger partial charge on any atom is -0.381 e. The third kappa shape index (κ3) is 1.94. The van der Waals surface area contributed by atoms with Gasteiger partial charge >= 0.3 is 0 Å². The van der Waals surface area contributed by atoms with Crippen LogP contribution in [0, 0.1) is 0 Å². The largest absolute Gasteiger partial charge is 0.381 e. The number of ether oxygens (including phenoxy) is 1. The van der Waals surface area contributed by atoms with E-state index in [-0.39, 0.29) is 5.28 Å². The smallest absolute Gasteiger partial charge is 0.226 e. The molecule has 0 spiro atoms. The topological polar surface area (TPSA) is 75.7 Å². The zero-order valence-corrected chi connectivity index (χ0v) is 10.0. The highest BCUT2D eigenvalue weighted by molar-refractivity contribution is 6.28. The second kappa shape index (κ2) is 4.12. The van der Waals surface area contributed by atoms with Gasteiger partial charge in [0.05, 0.1) is 17.7 Å². The van der Waals surface area contributed by atoms with Crippen molar-refractivity contribution in [1.82, 2.24) is 20.2 Å². The molecule has 0 amide bonds. The predicted molar refractivity (Wildman–Crippen MR) is 64.1 cm³/mol. The molecule has 0 bridgehead atoms. The molecule has 2 heterocycles. The maximum absolute atomic E-state index is 5.85. The van der Waals surface area contributed by atoms with E-state index < -0.39 is 0 Å². The first-order chi connectivity index (χ1) is 8.26. The van der Waals surface area contributed by atoms with E-state index >= 15 is 0 Å². The lowest BCUT2D eigenvalue weighted by Crippen LogP contribution is -2.40. The molecule has 0 aliphatic heterocycles. The number of hydrogen-bond donors (Lipinski definition) is 2. The van der Waals surface area contributed by atoms with E-state index in [2.05, 4.69) is 25.5 Å². The summed E-state index contributed by atoms with van der Waals surface area (Å²) < 4.78 is 5.23. The quantitative estimate of drug-likeness (QED) is 0.813. The van der Waals surface area contributed by atoms with Gasteiger partial charge in [0, 0.05) is 13.2 Å². The Balaban J connectivity index is 1.83. The summed E-state index contributed by atoms with van der Waals surface area (Å²) in [6, 6.07) is 0.379. The normalized spacial score (nSPS) is 23.6. The fourth-order valence-corrected chi connectivity index (χ4v) is 2.16. The average molecular weight is 254 g/mol. The van der Waals surface area contributed by atoms with Crippen molar-refractivity contribution >= 4 is 28.5 Å². The molecular formula is C10H12ClN5O. The molecule has 17 heavy (non-hydrogen) atoms. The molecule has 2 aromatic rings. The summed E-state index contributed by atoms with van der Waals surface area (Å²) in [6.07, 6.45) is 4.01. The fraction of sp³-hybridized carbons (Fsp3) is 0.500. The van der Waals surface area contributed by atoms with Crippen LogP contribution in [0.1, 0.15) is 12.8 Å². The van der Waals surface area contributed by atoms with E-state index in [1.54, 1.807) is 13.3 Å². The summed E-state index contributed by atoms with van der Waals surface area (Å²) in [5.41, 5.74) is 0.648. The van der Waals surface area contributed by atoms with Crippen molar-refractivity contribution in [2.24, 2.45) is 0 Å². The third-order valence-electron chi connectivity index (χ3n) is 3.05. The number of H-pyrrole nitrogens is 1. The van der Waals surface area contributed by atoms with Crippen LogP contribution in [-0.2, 0) is 4.74 Å². The Morgan fingerprint density at radius 2 is 2.29 bits per heavy atom. The lowest BCUT2D eigenvalue weighted by molar-refractivity contribution is 0.0328. The molecule has 1 aliphatic carbocycles. The van der Waals surface area contributed by atoms with Crippen molar-refractivity contribution in [3.05, 3.63) is 11.5 Å². The zero-order valence-electron chi connectivity index (χ0n) is 9.27. The van der Waals surface area contributed by atoms with E-state index in [1.165, 1.54) is 0 Å². The number of anilines is 1. The molecule has 1 aliphatic rings. The Labute approximate surface area is 103 Å². The van der Waals surface area contributed by atoms with Crippen molar-refractivity contribution in [3.63, 3.8) is 0 Å². The first-order valence-corrected chi connectivity index (χ1v) is 5.80. The fourth-order valence-electron chi connectivity index (χ4n) is 1.99. The predicted octanol–water partition coefficient (Wildman–Crippen LogP) is 1.60. The van der Waals surface area contributed by atoms with Crippen LogP contribution in [0.5, 0.6) is 0 Å². The monoisotopic (exact) mass is 253 g/mol. The standard InChI is InChI=1S/C10H12ClN5O/c1-17-6-2-5(3-6)13-8-7-4-12-16-9(7)15-10(11)14-8/h4-6H,2-3H2,1H3,(H2,12,13,14,15,16). The molecule has 1 fully saturated rings. The van der Waals surface area contributed by atoms with Gasteiger partial charge in [-0.3, -0.25) is 5.10 Å². The van der Waals surface area contributed by atoms with Crippen molar-refractivity contribution in [1.29, 1.82) is 0 Å². The van der Waals surface area contributed by atoms with E-state index in [1.807, 2.05) is 0 Å². The first kappa shape index (κ1) is 10.7. The van der Waals surface area contributed by atoms with Gasteiger partial charge in [-0.25, -0.2) is 0 Å². The summed E-state index contributed by atoms with van der Waals surface area (Å²) in [5, 5.41) is 11.1. The summed E-state index contributed by atoms with van der Waals surface area (Å²) in [7, 11) is 1.73. The van der Waals surface area contributed by atoms with Crippen molar-refractivity contribution in [2.45, 2.75) is 25.0 Å². The minimum atomic E-state index is 0.215. The van der Waals surface area contributed by atoms with Gasteiger partial charge < -0.3 is 10.1 Å². The van der Waals surface area contributed by atoms with E-state index in [9.17, 15) is 0 Å². The number of nitrogens with zero attached hydrogens (tertiary/aromatic N) is 3. The molecular weight excluding hydrogens is 242 g/mol. The van der Waals surface area contributed by atoms with Gasteiger partial charge in [0.1, 0.15) is 5.82 Å². The van der Waals surface area contributed by atoms with E-state index in [0.717, 1.165) is 24.0 Å². The van der Waals surface area contributed by atoms with Crippen LogP contribution < -0.4 is 5.32 Å². The van der Waals surface area contributed by atoms with Crippen LogP contribution >= 0.6 is 11.6 Å². The Hall–Kier alpha value is -1.40. The van der Waals surface area contributed by atoms with Crippen molar-refractivity contribution < 1.29 is 4.74 Å². The van der Waals surface area contributed by atoms with Crippen LogP contribution in [0.25, 0.3) is 11.0 Å². The Kier molecular flexibility index (Phi) is 2.60. The lowest BCUT2D eigenvalue weighted by Gasteiger charge is -2.34. The molecule has 2 N–H and O–H groups in total. The summed E-state index contributed by atoms with van der Waals surface area (Å²) in [4.78, 5) is 8.24. The number of halogens is 1. The molecule has 2 aromatic heterocycles. The molecule has 0 radical (unpaired) electrons. The maximum Gasteiger partial charge on any atom is 0.226 e. The van der Waals surface area contributed by atoms with Gasteiger partial charge in [-0.15, -0.1) is 0 Å². The van der Waals surface area contributed by atoms with Crippen LogP contribution in [0.3, 0.4) is 0 Å². The number of hydrogen-bond acceptors (Lipinski definition) is 5. The molecule has 0 unspecified atom stereocenters. The van der Waals surface area contributed by atoms with Crippen LogP contribution in [0.15, 0.2) is 6.20 Å². The molecule has 1 saturated carbocycles. The summed E-state index contributed by atoms with van der Waals surface area (Å²) in [6.45, 7) is 0. The highest BCUT2D eigenvalue weighted by Crippen LogP contribution is 2.28. The first-order valence-electron chi connectivity index (χ1n) is 5.42. The highest BCUT2D eigenvalue weighted by Gasteiger charge is 2.29. The molecule has 3 rings (SSSR count). The number of nitrogens with one attached hydrogen (secondary N) is 2. The Morgan fingerprint density at radius 1 is 1.47 bits per heavy atom. The summed E-state index contributed by atoms with van der Waals surface area (Å²) in [5.74, 6) is 0.730. The molecule has 0 atom stereocenters. The Bertz CT molecular complexity index is 536. The average Bonchev–Trinajstić information content (AvgIpc) is 2.70. The van der Waals surface area contributed by atoms with Gasteiger partial charge in [-0.05, 0) is 24.4 Å². The zero-order chi connectivity index (χ0) is 11.8. The van der Waals surface area contributed by atoms with Crippen molar-refractivity contribution in [2.75, 3.05) is 12.4 Å². The summed E-state index contributed by atoms with van der Waals surface area (Å²) >= 11 is 5.85. The SMILES string of the molecule is COC1CC(Nc2nc(Cl)nc3[nH]ncc23)C1. The third-order valence-corrected chi connectivity index (χ3v) is 3.22. The molecule has 0 aromatic carbocycles. The van der Waals surface area contributed by atoms with E-state index in [0.29, 0.717) is 17.8 Å². The van der Waals surface area contributed by atoms with Gasteiger partial charge in [-0.2, -0.15) is 15.1 Å². The minimum absolute atomic E-state index is 0.215. The number of fused-ring (bicyclic) bond motifs is 1. The second-order valence-electron chi connectivity index (χ2n) is 4.14. The van der Waals surface area contributed by atoms with Gasteiger partial charge in [0.25, 0.3) is 0 Å². The highest BCUT2D eigenvalue weighted by atomic mass is 35.5. The van der Waals surface area contributed by atoms with Gasteiger partial charge in [0.15, 0.2) is 5.65 Å². The number of methoxy groups -OCH3 is 1. The van der Waals surface area contributed by atoms with Gasteiger partial charge in [0.2, 0.25) is 5.28 Å². The second-order valence-corrected chi connectivity index (χ2v) is 4.48. The van der Waals surface area contributed by atoms with Crippen LogP contribution in [0.4, 0.5) is 5.82 Å². The van der Waals surface area contributed by atoms with Crippen LogP contribution in [0.2, 0.25) is 5.28 Å². The van der Waals surface area contributed by atoms with Crippen molar-refractivity contribution in [3.8, 4) is 0 Å². The number of aromatic nitrogens is 4. The Morgan fingerprint density at radius 3 is 3.06 bits per heavy atom. The number of aromatic amines is 1. The van der Waals surface area contributed by atoms with Gasteiger partial charge in [-0.1, -0.05) is 0 Å². The lowest BCUT2D eigenvalue weighted by atomic mass is 9.89. The van der Waals surface area contributed by atoms with Crippen LogP contribution in [-0.4, -0.2) is 39.4 Å².